The van der Waals surface area contributed by atoms with Gasteiger partial charge in [0.2, 0.25) is 11.8 Å². The van der Waals surface area contributed by atoms with Gasteiger partial charge in [-0.05, 0) is 65.3 Å². The average molecular weight is 634 g/mol. The van der Waals surface area contributed by atoms with Crippen molar-refractivity contribution in [3.63, 3.8) is 0 Å². The van der Waals surface area contributed by atoms with E-state index >= 15 is 0 Å². The van der Waals surface area contributed by atoms with Crippen LogP contribution in [-0.4, -0.2) is 35.7 Å². The number of amides is 3. The van der Waals surface area contributed by atoms with E-state index in [1.165, 1.54) is 4.90 Å². The average Bonchev–Trinajstić information content (AvgIpc) is 3.22. The summed E-state index contributed by atoms with van der Waals surface area (Å²) in [5.74, 6) is -1.05. The first kappa shape index (κ1) is 24.3. The van der Waals surface area contributed by atoms with Gasteiger partial charge in [0.05, 0.1) is 26.2 Å². The Hall–Kier alpha value is -2.77. The number of imide groups is 1. The first-order valence-electron chi connectivity index (χ1n) is 13.1. The largest absolute Gasteiger partial charge is 0.339 e. The number of rotatable bonds is 2. The van der Waals surface area contributed by atoms with Crippen LogP contribution >= 0.6 is 31.9 Å². The smallest absolute Gasteiger partial charge is 0.253 e. The summed E-state index contributed by atoms with van der Waals surface area (Å²) < 4.78 is -1.63. The quantitative estimate of drug-likeness (QED) is 0.258. The van der Waals surface area contributed by atoms with E-state index in [2.05, 4.69) is 63.0 Å². The topological polar surface area (TPSA) is 57.7 Å². The molecular weight excluding hydrogens is 608 g/mol. The minimum Gasteiger partial charge on any atom is -0.339 e. The van der Waals surface area contributed by atoms with Crippen LogP contribution in [0.2, 0.25) is 0 Å². The maximum atomic E-state index is 14.2. The highest BCUT2D eigenvalue weighted by molar-refractivity contribution is 9.10. The van der Waals surface area contributed by atoms with Gasteiger partial charge >= 0.3 is 0 Å². The zero-order valence-electron chi connectivity index (χ0n) is 20.9. The van der Waals surface area contributed by atoms with Crippen LogP contribution in [0.25, 0.3) is 0 Å². The Morgan fingerprint density at radius 1 is 0.737 bits per heavy atom. The van der Waals surface area contributed by atoms with Crippen LogP contribution in [0.3, 0.4) is 0 Å². The van der Waals surface area contributed by atoms with Crippen LogP contribution in [-0.2, 0) is 18.2 Å². The summed E-state index contributed by atoms with van der Waals surface area (Å²) in [6.07, 6.45) is 2.02. The Labute approximate surface area is 238 Å². The third-order valence-corrected chi connectivity index (χ3v) is 11.7. The van der Waals surface area contributed by atoms with E-state index in [0.29, 0.717) is 17.2 Å². The van der Waals surface area contributed by atoms with Gasteiger partial charge < -0.3 is 4.90 Å². The molecule has 3 aromatic carbocycles. The molecule has 0 unspecified atom stereocenters. The number of hydrogen-bond acceptors (Lipinski definition) is 3. The second-order valence-electron chi connectivity index (χ2n) is 11.0. The molecule has 5 aliphatic rings. The summed E-state index contributed by atoms with van der Waals surface area (Å²) in [5.41, 5.74) is 5.12. The molecule has 0 radical (unpaired) electrons. The van der Waals surface area contributed by atoms with E-state index in [0.717, 1.165) is 48.2 Å². The zero-order valence-corrected chi connectivity index (χ0v) is 24.0. The summed E-state index contributed by atoms with van der Waals surface area (Å²) in [4.78, 5) is 44.7. The number of piperidine rings is 1. The van der Waals surface area contributed by atoms with Gasteiger partial charge in [-0.25, -0.2) is 4.90 Å². The molecule has 38 heavy (non-hydrogen) atoms. The molecule has 192 valence electrons. The standard InChI is InChI=1S/C31H26Br2N2O3/c1-18-14-16-34(17-15-18)27(36)19-10-12-20(13-11-19)35-28(37)25-26(29(35)38)31(33)22-7-3-2-6-21(22)30(25,32)23-8-4-5-9-24(23)31/h2-13,18,25-26H,14-17H2,1H3/t25-,26+,30?,31?. The number of carbonyl (C=O) groups excluding carboxylic acids is 3. The molecule has 5 nitrogen and oxygen atoms in total. The van der Waals surface area contributed by atoms with E-state index in [-0.39, 0.29) is 17.7 Å². The van der Waals surface area contributed by atoms with Crippen molar-refractivity contribution in [3.05, 3.63) is 101 Å². The van der Waals surface area contributed by atoms with Crippen LogP contribution < -0.4 is 4.90 Å². The number of carbonyl (C=O) groups is 3. The first-order valence-corrected chi connectivity index (χ1v) is 14.7. The second-order valence-corrected chi connectivity index (χ2v) is 13.5. The van der Waals surface area contributed by atoms with Gasteiger partial charge in [-0.3, -0.25) is 14.4 Å². The molecule has 2 aliphatic heterocycles. The third-order valence-electron chi connectivity index (χ3n) is 9.03. The SMILES string of the molecule is CC1CCN(C(=O)c2ccc(N3C(=O)[C@@H]4[C@H](C3=O)C3(Br)c5ccccc5C4(Br)c4ccccc43)cc2)CC1. The van der Waals surface area contributed by atoms with Crippen LogP contribution in [0.15, 0.2) is 72.8 Å². The lowest BCUT2D eigenvalue weighted by Crippen LogP contribution is -2.56. The number of nitrogens with zero attached hydrogens (tertiary/aromatic N) is 2. The summed E-state index contributed by atoms with van der Waals surface area (Å²) in [5, 5.41) is 0. The van der Waals surface area contributed by atoms with Crippen LogP contribution in [0.1, 0.15) is 52.4 Å². The molecule has 7 heteroatoms. The Morgan fingerprint density at radius 2 is 1.16 bits per heavy atom. The van der Waals surface area contributed by atoms with E-state index in [1.807, 2.05) is 29.2 Å². The van der Waals surface area contributed by atoms with E-state index in [4.69, 9.17) is 0 Å². The number of benzene rings is 3. The Bertz CT molecular complexity index is 1390. The molecule has 3 amide bonds. The van der Waals surface area contributed by atoms with Crippen LogP contribution in [0.4, 0.5) is 5.69 Å². The molecule has 0 aromatic heterocycles. The van der Waals surface area contributed by atoms with Gasteiger partial charge in [0.25, 0.3) is 5.91 Å². The van der Waals surface area contributed by atoms with E-state index < -0.39 is 20.5 Å². The molecule has 8 rings (SSSR count). The van der Waals surface area contributed by atoms with Crippen molar-refractivity contribution in [2.45, 2.75) is 28.4 Å². The number of halogens is 2. The fourth-order valence-corrected chi connectivity index (χ4v) is 9.37. The van der Waals surface area contributed by atoms with E-state index in [9.17, 15) is 14.4 Å². The van der Waals surface area contributed by atoms with Crippen LogP contribution in [0, 0.1) is 17.8 Å². The molecule has 2 fully saturated rings. The Morgan fingerprint density at radius 3 is 1.58 bits per heavy atom. The molecule has 2 bridgehead atoms. The molecule has 3 aliphatic carbocycles. The number of hydrogen-bond donors (Lipinski definition) is 0. The second kappa shape index (κ2) is 8.36. The van der Waals surface area contributed by atoms with Gasteiger partial charge in [0.1, 0.15) is 0 Å². The Kier molecular flexibility index (Phi) is 5.34. The van der Waals surface area contributed by atoms with Crippen molar-refractivity contribution in [2.75, 3.05) is 18.0 Å². The van der Waals surface area contributed by atoms with Gasteiger partial charge in [-0.15, -0.1) is 0 Å². The molecular formula is C31H26Br2N2O3. The lowest BCUT2D eigenvalue weighted by molar-refractivity contribution is -0.122. The normalized spacial score (nSPS) is 29.8. The summed E-state index contributed by atoms with van der Waals surface area (Å²) in [6, 6.07) is 23.1. The van der Waals surface area contributed by atoms with Crippen molar-refractivity contribution >= 4 is 55.3 Å². The monoisotopic (exact) mass is 632 g/mol. The fourth-order valence-electron chi connectivity index (χ4n) is 7.07. The van der Waals surface area contributed by atoms with Gasteiger partial charge in [-0.2, -0.15) is 0 Å². The fraction of sp³-hybridized carbons (Fsp3) is 0.323. The minimum atomic E-state index is -0.816. The molecule has 3 aromatic rings. The maximum absolute atomic E-state index is 14.2. The number of likely N-dealkylation sites (tertiary alicyclic amines) is 1. The van der Waals surface area contributed by atoms with Crippen molar-refractivity contribution in [1.82, 2.24) is 4.90 Å². The van der Waals surface area contributed by atoms with Crippen molar-refractivity contribution in [2.24, 2.45) is 17.8 Å². The lowest BCUT2D eigenvalue weighted by Gasteiger charge is -2.55. The highest BCUT2D eigenvalue weighted by Gasteiger charge is 2.72. The van der Waals surface area contributed by atoms with Crippen molar-refractivity contribution in [1.29, 1.82) is 0 Å². The molecule has 0 N–H and O–H groups in total. The summed E-state index contributed by atoms with van der Waals surface area (Å²) in [6.45, 7) is 3.74. The first-order chi connectivity index (χ1) is 18.3. The summed E-state index contributed by atoms with van der Waals surface area (Å²) in [7, 11) is 0. The highest BCUT2D eigenvalue weighted by Crippen LogP contribution is 2.70. The highest BCUT2D eigenvalue weighted by atomic mass is 79.9. The van der Waals surface area contributed by atoms with Gasteiger partial charge in [0, 0.05) is 18.7 Å². The predicted octanol–water partition coefficient (Wildman–Crippen LogP) is 5.97. The Balaban J connectivity index is 1.28. The predicted molar refractivity (Wildman–Crippen MR) is 153 cm³/mol. The molecule has 0 spiro atoms. The minimum absolute atomic E-state index is 0.000963. The molecule has 2 atom stereocenters. The van der Waals surface area contributed by atoms with Gasteiger partial charge in [0.15, 0.2) is 0 Å². The molecule has 0 saturated carbocycles. The van der Waals surface area contributed by atoms with Crippen LogP contribution in [0.5, 0.6) is 0 Å². The van der Waals surface area contributed by atoms with Crippen molar-refractivity contribution in [3.8, 4) is 0 Å². The molecule has 2 heterocycles. The van der Waals surface area contributed by atoms with Gasteiger partial charge in [-0.1, -0.05) is 87.3 Å². The van der Waals surface area contributed by atoms with Crippen molar-refractivity contribution < 1.29 is 14.4 Å². The number of alkyl halides is 2. The molecule has 2 saturated heterocycles. The number of anilines is 1. The van der Waals surface area contributed by atoms with E-state index in [1.54, 1.807) is 24.3 Å². The zero-order chi connectivity index (χ0) is 26.4. The third kappa shape index (κ3) is 3.00. The summed E-state index contributed by atoms with van der Waals surface area (Å²) >= 11 is 8.08. The lowest BCUT2D eigenvalue weighted by atomic mass is 9.54. The maximum Gasteiger partial charge on any atom is 0.253 e.